The van der Waals surface area contributed by atoms with E-state index in [0.717, 1.165) is 4.47 Å². The average Bonchev–Trinajstić information content (AvgIpc) is 2.54. The van der Waals surface area contributed by atoms with Crippen LogP contribution in [0.3, 0.4) is 0 Å². The minimum absolute atomic E-state index is 0.412. The second-order valence-corrected chi connectivity index (χ2v) is 7.69. The molecule has 0 atom stereocenters. The molecule has 0 radical (unpaired) electrons. The van der Waals surface area contributed by atoms with Gasteiger partial charge >= 0.3 is 6.09 Å². The van der Waals surface area contributed by atoms with Crippen LogP contribution < -0.4 is 10.6 Å². The zero-order valence-electron chi connectivity index (χ0n) is 14.7. The van der Waals surface area contributed by atoms with E-state index in [4.69, 9.17) is 10.5 Å². The number of rotatable bonds is 2. The van der Waals surface area contributed by atoms with Gasteiger partial charge in [-0.3, -0.25) is 0 Å². The van der Waals surface area contributed by atoms with Crippen molar-refractivity contribution in [3.63, 3.8) is 0 Å². The van der Waals surface area contributed by atoms with Crippen LogP contribution in [0.4, 0.5) is 22.0 Å². The molecule has 0 aliphatic rings. The summed E-state index contributed by atoms with van der Waals surface area (Å²) in [5.41, 5.74) is 7.16. The van der Waals surface area contributed by atoms with E-state index in [1.54, 1.807) is 18.2 Å². The Hall–Kier alpha value is -2.67. The highest BCUT2D eigenvalue weighted by atomic mass is 79.9. The molecule has 0 saturated heterocycles. The zero-order valence-corrected chi connectivity index (χ0v) is 16.3. The summed E-state index contributed by atoms with van der Waals surface area (Å²) in [4.78, 5) is 23.0. The van der Waals surface area contributed by atoms with Crippen molar-refractivity contribution in [2.45, 2.75) is 26.4 Å². The van der Waals surface area contributed by atoms with E-state index < -0.39 is 11.7 Å². The van der Waals surface area contributed by atoms with Crippen molar-refractivity contribution in [1.82, 2.24) is 9.97 Å². The van der Waals surface area contributed by atoms with E-state index in [0.29, 0.717) is 28.1 Å². The number of nitrogens with two attached hydrogens (primary N) is 1. The van der Waals surface area contributed by atoms with E-state index in [9.17, 15) is 4.79 Å². The molecule has 26 heavy (non-hydrogen) atoms. The Morgan fingerprint density at radius 3 is 2.62 bits per heavy atom. The van der Waals surface area contributed by atoms with Crippen molar-refractivity contribution in [1.29, 1.82) is 0 Å². The molecule has 7 heteroatoms. The second-order valence-electron chi connectivity index (χ2n) is 6.77. The first-order valence-electron chi connectivity index (χ1n) is 8.03. The Kier molecular flexibility index (Phi) is 4.82. The van der Waals surface area contributed by atoms with E-state index in [1.165, 1.54) is 11.2 Å². The number of carbonyl (C=O) groups excluding carboxylic acids is 1. The van der Waals surface area contributed by atoms with Crippen LogP contribution in [0, 0.1) is 0 Å². The monoisotopic (exact) mass is 414 g/mol. The number of fused-ring (bicyclic) bond motifs is 1. The lowest BCUT2D eigenvalue weighted by atomic mass is 10.2. The van der Waals surface area contributed by atoms with Gasteiger partial charge in [-0.25, -0.2) is 19.7 Å². The fraction of sp³-hybridized carbons (Fsp3) is 0.211. The number of hydrogen-bond donors (Lipinski definition) is 1. The normalized spacial score (nSPS) is 11.4. The summed E-state index contributed by atoms with van der Waals surface area (Å²) in [5.74, 6) is 0.412. The van der Waals surface area contributed by atoms with Gasteiger partial charge in [-0.15, -0.1) is 0 Å². The average molecular weight is 415 g/mol. The molecular formula is C19H19BrN4O2. The van der Waals surface area contributed by atoms with Gasteiger partial charge in [0.25, 0.3) is 0 Å². The van der Waals surface area contributed by atoms with Gasteiger partial charge in [-0.2, -0.15) is 0 Å². The lowest BCUT2D eigenvalue weighted by molar-refractivity contribution is 0.0598. The van der Waals surface area contributed by atoms with E-state index in [2.05, 4.69) is 25.9 Å². The zero-order chi connectivity index (χ0) is 18.9. The predicted molar refractivity (Wildman–Crippen MR) is 106 cm³/mol. The highest BCUT2D eigenvalue weighted by Gasteiger charge is 2.27. The van der Waals surface area contributed by atoms with Crippen LogP contribution in [0.15, 0.2) is 53.3 Å². The van der Waals surface area contributed by atoms with Crippen LogP contribution in [0.25, 0.3) is 10.9 Å². The molecule has 1 amide bonds. The van der Waals surface area contributed by atoms with Crippen LogP contribution in [-0.2, 0) is 4.74 Å². The molecule has 0 aliphatic carbocycles. The fourth-order valence-electron chi connectivity index (χ4n) is 2.48. The largest absolute Gasteiger partial charge is 0.443 e. The minimum Gasteiger partial charge on any atom is -0.443 e. The maximum Gasteiger partial charge on any atom is 0.420 e. The molecule has 3 aromatic rings. The molecule has 6 nitrogen and oxygen atoms in total. The van der Waals surface area contributed by atoms with Gasteiger partial charge < -0.3 is 10.5 Å². The first-order valence-corrected chi connectivity index (χ1v) is 8.83. The third-order valence-electron chi connectivity index (χ3n) is 3.49. The van der Waals surface area contributed by atoms with Crippen LogP contribution in [0.5, 0.6) is 0 Å². The Morgan fingerprint density at radius 1 is 1.15 bits per heavy atom. The Bertz CT molecular complexity index is 969. The van der Waals surface area contributed by atoms with Crippen molar-refractivity contribution < 1.29 is 9.53 Å². The Morgan fingerprint density at radius 2 is 1.92 bits per heavy atom. The summed E-state index contributed by atoms with van der Waals surface area (Å²) in [7, 11) is 0. The van der Waals surface area contributed by atoms with E-state index >= 15 is 0 Å². The summed E-state index contributed by atoms with van der Waals surface area (Å²) in [6, 6.07) is 12.7. The number of anilines is 3. The molecule has 0 bridgehead atoms. The summed E-state index contributed by atoms with van der Waals surface area (Å²) < 4.78 is 6.44. The van der Waals surface area contributed by atoms with Gasteiger partial charge in [0.05, 0.1) is 11.2 Å². The maximum atomic E-state index is 13.0. The molecule has 0 fully saturated rings. The molecule has 3 rings (SSSR count). The molecule has 0 unspecified atom stereocenters. The van der Waals surface area contributed by atoms with Gasteiger partial charge in [0.1, 0.15) is 11.9 Å². The smallest absolute Gasteiger partial charge is 0.420 e. The van der Waals surface area contributed by atoms with Gasteiger partial charge in [-0.1, -0.05) is 22.0 Å². The Labute approximate surface area is 160 Å². The molecule has 2 N–H and O–H groups in total. The summed E-state index contributed by atoms with van der Waals surface area (Å²) in [5, 5.41) is 0.665. The van der Waals surface area contributed by atoms with Gasteiger partial charge in [0.15, 0.2) is 5.82 Å². The number of benzene rings is 2. The molecule has 1 heterocycles. The molecule has 2 aromatic carbocycles. The summed E-state index contributed by atoms with van der Waals surface area (Å²) in [6.45, 7) is 5.46. The SMILES string of the molecule is CC(C)(C)OC(=O)N(c1cccc(Br)c1)c1ncnc2ccc(N)cc12. The predicted octanol–water partition coefficient (Wildman–Crippen LogP) is 5.05. The Balaban J connectivity index is 2.21. The van der Waals surface area contributed by atoms with Crippen LogP contribution in [0.1, 0.15) is 20.8 Å². The number of halogens is 1. The van der Waals surface area contributed by atoms with Crippen molar-refractivity contribution >= 4 is 50.1 Å². The third-order valence-corrected chi connectivity index (χ3v) is 3.99. The molecule has 134 valence electrons. The first kappa shape index (κ1) is 18.1. The molecule has 0 spiro atoms. The highest BCUT2D eigenvalue weighted by Crippen LogP contribution is 2.33. The number of aromatic nitrogens is 2. The van der Waals surface area contributed by atoms with Gasteiger partial charge in [-0.05, 0) is 57.2 Å². The topological polar surface area (TPSA) is 81.3 Å². The van der Waals surface area contributed by atoms with Gasteiger partial charge in [0, 0.05) is 15.5 Å². The lowest BCUT2D eigenvalue weighted by Crippen LogP contribution is -2.34. The standard InChI is InChI=1S/C19H19BrN4O2/c1-19(2,3)26-18(25)24(14-6-4-5-12(20)9-14)17-15-10-13(21)7-8-16(15)22-11-23-17/h4-11H,21H2,1-3H3. The van der Waals surface area contributed by atoms with Crippen LogP contribution in [-0.4, -0.2) is 21.7 Å². The third kappa shape index (κ3) is 3.94. The summed E-state index contributed by atoms with van der Waals surface area (Å²) >= 11 is 3.44. The maximum absolute atomic E-state index is 13.0. The van der Waals surface area contributed by atoms with Crippen molar-refractivity contribution in [3.8, 4) is 0 Å². The number of ether oxygens (including phenoxy) is 1. The van der Waals surface area contributed by atoms with Crippen molar-refractivity contribution in [2.75, 3.05) is 10.6 Å². The quantitative estimate of drug-likeness (QED) is 0.593. The van der Waals surface area contributed by atoms with Crippen molar-refractivity contribution in [3.05, 3.63) is 53.3 Å². The number of carbonyl (C=O) groups is 1. The van der Waals surface area contributed by atoms with E-state index in [1.807, 2.05) is 45.0 Å². The minimum atomic E-state index is -0.650. The number of nitrogen functional groups attached to an aromatic ring is 1. The van der Waals surface area contributed by atoms with Crippen LogP contribution in [0.2, 0.25) is 0 Å². The van der Waals surface area contributed by atoms with E-state index in [-0.39, 0.29) is 0 Å². The first-order chi connectivity index (χ1) is 12.2. The molecule has 1 aromatic heterocycles. The van der Waals surface area contributed by atoms with Gasteiger partial charge in [0.2, 0.25) is 0 Å². The molecular weight excluding hydrogens is 396 g/mol. The number of amides is 1. The summed E-state index contributed by atoms with van der Waals surface area (Å²) in [6.07, 6.45) is 0.890. The second kappa shape index (κ2) is 6.92. The lowest BCUT2D eigenvalue weighted by Gasteiger charge is -2.27. The highest BCUT2D eigenvalue weighted by molar-refractivity contribution is 9.10. The molecule has 0 aliphatic heterocycles. The molecule has 0 saturated carbocycles. The number of nitrogens with zero attached hydrogens (tertiary/aromatic N) is 3. The fourth-order valence-corrected chi connectivity index (χ4v) is 2.86. The van der Waals surface area contributed by atoms with Crippen molar-refractivity contribution in [2.24, 2.45) is 0 Å². The van der Waals surface area contributed by atoms with Crippen LogP contribution >= 0.6 is 15.9 Å². The number of hydrogen-bond acceptors (Lipinski definition) is 5.